The van der Waals surface area contributed by atoms with Crippen LogP contribution >= 0.6 is 0 Å². The summed E-state index contributed by atoms with van der Waals surface area (Å²) in [5.41, 5.74) is -0.319. The summed E-state index contributed by atoms with van der Waals surface area (Å²) in [4.78, 5) is 35.4. The van der Waals surface area contributed by atoms with Gasteiger partial charge in [-0.15, -0.1) is 0 Å². The predicted molar refractivity (Wildman–Crippen MR) is 62.8 cm³/mol. The van der Waals surface area contributed by atoms with Gasteiger partial charge in [0.15, 0.2) is 0 Å². The summed E-state index contributed by atoms with van der Waals surface area (Å²) in [5.74, 6) is -1.54. The van der Waals surface area contributed by atoms with E-state index in [4.69, 9.17) is 9.84 Å². The first-order chi connectivity index (χ1) is 8.25. The van der Waals surface area contributed by atoms with Crippen molar-refractivity contribution in [2.45, 2.75) is 39.2 Å². The van der Waals surface area contributed by atoms with E-state index in [-0.39, 0.29) is 30.2 Å². The minimum absolute atomic E-state index is 0.0105. The van der Waals surface area contributed by atoms with Crippen LogP contribution in [0.3, 0.4) is 0 Å². The van der Waals surface area contributed by atoms with Crippen LogP contribution in [0.1, 0.15) is 33.1 Å². The van der Waals surface area contributed by atoms with Gasteiger partial charge in [-0.3, -0.25) is 19.3 Å². The average Bonchev–Trinajstić information content (AvgIpc) is 2.19. The first-order valence-corrected chi connectivity index (χ1v) is 5.83. The van der Waals surface area contributed by atoms with Gasteiger partial charge in [-0.2, -0.15) is 0 Å². The van der Waals surface area contributed by atoms with Gasteiger partial charge in [0.2, 0.25) is 11.8 Å². The number of piperidine rings is 1. The van der Waals surface area contributed by atoms with E-state index in [1.165, 1.54) is 7.11 Å². The minimum Gasteiger partial charge on any atom is -0.481 e. The second-order valence-corrected chi connectivity index (χ2v) is 5.37. The molecule has 1 atom stereocenters. The smallest absolute Gasteiger partial charge is 0.306 e. The van der Waals surface area contributed by atoms with E-state index < -0.39 is 12.1 Å². The molecule has 0 bridgehead atoms. The van der Waals surface area contributed by atoms with Crippen LogP contribution in [0.5, 0.6) is 0 Å². The second kappa shape index (κ2) is 5.48. The zero-order chi connectivity index (χ0) is 13.9. The monoisotopic (exact) mass is 257 g/mol. The number of ether oxygens (including phenoxy) is 1. The lowest BCUT2D eigenvalue weighted by Crippen LogP contribution is -2.49. The van der Waals surface area contributed by atoms with Crippen molar-refractivity contribution in [3.63, 3.8) is 0 Å². The Labute approximate surface area is 106 Å². The molecule has 102 valence electrons. The summed E-state index contributed by atoms with van der Waals surface area (Å²) in [6.45, 7) is 3.74. The summed E-state index contributed by atoms with van der Waals surface area (Å²) >= 11 is 0. The SMILES string of the molecule is COC(CC(=O)O)CN1C(=O)CC(C)(C)CC1=O. The third-order valence-corrected chi connectivity index (χ3v) is 2.98. The van der Waals surface area contributed by atoms with Crippen molar-refractivity contribution in [2.24, 2.45) is 5.41 Å². The first kappa shape index (κ1) is 14.6. The summed E-state index contributed by atoms with van der Waals surface area (Å²) in [6, 6.07) is 0. The molecule has 18 heavy (non-hydrogen) atoms. The Morgan fingerprint density at radius 2 is 1.89 bits per heavy atom. The Kier molecular flexibility index (Phi) is 4.45. The maximum absolute atomic E-state index is 11.9. The number of nitrogens with zero attached hydrogens (tertiary/aromatic N) is 1. The highest BCUT2D eigenvalue weighted by Gasteiger charge is 2.38. The number of rotatable bonds is 5. The number of hydrogen-bond donors (Lipinski definition) is 1. The quantitative estimate of drug-likeness (QED) is 0.731. The first-order valence-electron chi connectivity index (χ1n) is 5.83. The number of carboxylic acids is 1. The van der Waals surface area contributed by atoms with Gasteiger partial charge in [0.25, 0.3) is 0 Å². The average molecular weight is 257 g/mol. The molecule has 1 N–H and O–H groups in total. The third kappa shape index (κ3) is 3.80. The van der Waals surface area contributed by atoms with Crippen LogP contribution in [0.25, 0.3) is 0 Å². The molecule has 1 heterocycles. The number of carbonyl (C=O) groups is 3. The molecule has 1 aliphatic rings. The highest BCUT2D eigenvalue weighted by atomic mass is 16.5. The van der Waals surface area contributed by atoms with Gasteiger partial charge in [-0.25, -0.2) is 0 Å². The van der Waals surface area contributed by atoms with Crippen LogP contribution in [-0.2, 0) is 19.1 Å². The number of imide groups is 1. The number of methoxy groups -OCH3 is 1. The summed E-state index contributed by atoms with van der Waals surface area (Å²) in [5, 5.41) is 8.69. The van der Waals surface area contributed by atoms with E-state index in [0.29, 0.717) is 12.8 Å². The lowest BCUT2D eigenvalue weighted by molar-refractivity contribution is -0.156. The van der Waals surface area contributed by atoms with E-state index >= 15 is 0 Å². The van der Waals surface area contributed by atoms with Crippen molar-refractivity contribution in [3.8, 4) is 0 Å². The maximum atomic E-state index is 11.9. The zero-order valence-corrected chi connectivity index (χ0v) is 10.9. The van der Waals surface area contributed by atoms with E-state index in [9.17, 15) is 14.4 Å². The van der Waals surface area contributed by atoms with Crippen LogP contribution in [0.15, 0.2) is 0 Å². The zero-order valence-electron chi connectivity index (χ0n) is 10.9. The van der Waals surface area contributed by atoms with Crippen LogP contribution in [0.2, 0.25) is 0 Å². The number of carbonyl (C=O) groups excluding carboxylic acids is 2. The predicted octanol–water partition coefficient (Wildman–Crippen LogP) is 0.651. The van der Waals surface area contributed by atoms with E-state index in [0.717, 1.165) is 4.90 Å². The molecule has 1 aliphatic heterocycles. The van der Waals surface area contributed by atoms with E-state index in [1.54, 1.807) is 0 Å². The fourth-order valence-electron chi connectivity index (χ4n) is 2.04. The lowest BCUT2D eigenvalue weighted by Gasteiger charge is -2.35. The van der Waals surface area contributed by atoms with Crippen LogP contribution < -0.4 is 0 Å². The number of aliphatic carboxylic acids is 1. The molecule has 0 aliphatic carbocycles. The van der Waals surface area contributed by atoms with E-state index in [1.807, 2.05) is 13.8 Å². The van der Waals surface area contributed by atoms with Crippen molar-refractivity contribution >= 4 is 17.8 Å². The molecule has 0 aromatic carbocycles. The van der Waals surface area contributed by atoms with Crippen molar-refractivity contribution < 1.29 is 24.2 Å². The Morgan fingerprint density at radius 3 is 2.28 bits per heavy atom. The van der Waals surface area contributed by atoms with Gasteiger partial charge in [-0.1, -0.05) is 13.8 Å². The number of carboxylic acid groups (broad SMARTS) is 1. The summed E-state index contributed by atoms with van der Waals surface area (Å²) in [6.07, 6.45) is -0.293. The molecule has 6 nitrogen and oxygen atoms in total. The standard InChI is InChI=1S/C12H19NO5/c1-12(2)5-9(14)13(10(15)6-12)7-8(18-3)4-11(16)17/h8H,4-7H2,1-3H3,(H,16,17). The molecule has 1 saturated heterocycles. The number of amides is 2. The van der Waals surface area contributed by atoms with Gasteiger partial charge >= 0.3 is 5.97 Å². The molecular weight excluding hydrogens is 238 g/mol. The highest BCUT2D eigenvalue weighted by molar-refractivity contribution is 5.98. The van der Waals surface area contributed by atoms with Crippen molar-refractivity contribution in [1.82, 2.24) is 4.90 Å². The highest BCUT2D eigenvalue weighted by Crippen LogP contribution is 2.31. The second-order valence-electron chi connectivity index (χ2n) is 5.37. The molecule has 0 aromatic rings. The number of hydrogen-bond acceptors (Lipinski definition) is 4. The van der Waals surface area contributed by atoms with E-state index in [2.05, 4.69) is 0 Å². The Morgan fingerprint density at radius 1 is 1.39 bits per heavy atom. The van der Waals surface area contributed by atoms with Crippen molar-refractivity contribution in [3.05, 3.63) is 0 Å². The molecule has 1 fully saturated rings. The molecule has 6 heteroatoms. The van der Waals surface area contributed by atoms with Crippen LogP contribution in [0, 0.1) is 5.41 Å². The van der Waals surface area contributed by atoms with Crippen molar-refractivity contribution in [1.29, 1.82) is 0 Å². The molecule has 0 saturated carbocycles. The normalized spacial score (nSPS) is 20.9. The lowest BCUT2D eigenvalue weighted by atomic mass is 9.81. The topological polar surface area (TPSA) is 83.9 Å². The summed E-state index contributed by atoms with van der Waals surface area (Å²) < 4.78 is 4.99. The molecule has 0 spiro atoms. The molecule has 1 unspecified atom stereocenters. The van der Waals surface area contributed by atoms with Gasteiger partial charge in [0.05, 0.1) is 19.1 Å². The van der Waals surface area contributed by atoms with Crippen molar-refractivity contribution in [2.75, 3.05) is 13.7 Å². The molecule has 2 amide bonds. The molecule has 1 rings (SSSR count). The number of likely N-dealkylation sites (tertiary alicyclic amines) is 1. The minimum atomic E-state index is -1.01. The Bertz CT molecular complexity index is 343. The molecule has 0 radical (unpaired) electrons. The fourth-order valence-corrected chi connectivity index (χ4v) is 2.04. The Hall–Kier alpha value is -1.43. The third-order valence-electron chi connectivity index (χ3n) is 2.98. The summed E-state index contributed by atoms with van der Waals surface area (Å²) in [7, 11) is 1.37. The van der Waals surface area contributed by atoms with Gasteiger partial charge in [-0.05, 0) is 5.41 Å². The fraction of sp³-hybridized carbons (Fsp3) is 0.750. The Balaban J connectivity index is 2.68. The maximum Gasteiger partial charge on any atom is 0.306 e. The van der Waals surface area contributed by atoms with Crippen LogP contribution in [-0.4, -0.2) is 47.5 Å². The van der Waals surface area contributed by atoms with Gasteiger partial charge in [0.1, 0.15) is 0 Å². The van der Waals surface area contributed by atoms with Gasteiger partial charge in [0, 0.05) is 20.0 Å². The van der Waals surface area contributed by atoms with Gasteiger partial charge < -0.3 is 9.84 Å². The molecule has 0 aromatic heterocycles. The van der Waals surface area contributed by atoms with Crippen LogP contribution in [0.4, 0.5) is 0 Å². The largest absolute Gasteiger partial charge is 0.481 e. The molecular formula is C12H19NO5.